The highest BCUT2D eigenvalue weighted by atomic mass is 19.1. The van der Waals surface area contributed by atoms with Crippen LogP contribution in [-0.4, -0.2) is 0 Å². The number of nitrogen functional groups attached to an aromatic ring is 1. The molecular weight excluding hydrogens is 239 g/mol. The molecule has 2 aromatic carbocycles. The highest BCUT2D eigenvalue weighted by Gasteiger charge is 2.09. The number of anilines is 3. The van der Waals surface area contributed by atoms with Crippen molar-refractivity contribution < 1.29 is 4.39 Å². The van der Waals surface area contributed by atoms with E-state index in [9.17, 15) is 4.39 Å². The molecule has 2 rings (SSSR count). The molecule has 19 heavy (non-hydrogen) atoms. The molecule has 0 amide bonds. The first-order valence-electron chi connectivity index (χ1n) is 6.40. The van der Waals surface area contributed by atoms with Gasteiger partial charge in [0.15, 0.2) is 0 Å². The molecule has 0 spiro atoms. The number of para-hydroxylation sites is 1. The minimum absolute atomic E-state index is 0.166. The molecule has 0 fully saturated rings. The van der Waals surface area contributed by atoms with Gasteiger partial charge in [-0.2, -0.15) is 0 Å². The van der Waals surface area contributed by atoms with Crippen LogP contribution in [0.2, 0.25) is 0 Å². The standard InChI is InChI=1S/C16H19FN2/c1-10(2)13-6-4-5-11(3)16(13)19-12-7-8-15(18)14(17)9-12/h4-10,19H,18H2,1-3H3. The van der Waals surface area contributed by atoms with E-state index in [1.807, 2.05) is 19.1 Å². The van der Waals surface area contributed by atoms with E-state index in [-0.39, 0.29) is 5.69 Å². The number of nitrogens with two attached hydrogens (primary N) is 1. The molecule has 3 N–H and O–H groups in total. The molecule has 0 aliphatic rings. The van der Waals surface area contributed by atoms with Crippen LogP contribution in [0.1, 0.15) is 30.9 Å². The van der Waals surface area contributed by atoms with Crippen LogP contribution in [-0.2, 0) is 0 Å². The van der Waals surface area contributed by atoms with Gasteiger partial charge in [0.1, 0.15) is 5.82 Å². The van der Waals surface area contributed by atoms with Gasteiger partial charge in [0.2, 0.25) is 0 Å². The lowest BCUT2D eigenvalue weighted by Crippen LogP contribution is -2.01. The second-order valence-corrected chi connectivity index (χ2v) is 5.06. The van der Waals surface area contributed by atoms with Crippen LogP contribution in [0.25, 0.3) is 0 Å². The van der Waals surface area contributed by atoms with E-state index in [4.69, 9.17) is 5.73 Å². The maximum absolute atomic E-state index is 13.5. The predicted molar refractivity (Wildman–Crippen MR) is 79.4 cm³/mol. The van der Waals surface area contributed by atoms with Gasteiger partial charge in [0, 0.05) is 11.4 Å². The summed E-state index contributed by atoms with van der Waals surface area (Å²) >= 11 is 0. The average molecular weight is 258 g/mol. The van der Waals surface area contributed by atoms with Crippen molar-refractivity contribution in [1.82, 2.24) is 0 Å². The molecule has 0 bridgehead atoms. The smallest absolute Gasteiger partial charge is 0.148 e. The molecular formula is C16H19FN2. The lowest BCUT2D eigenvalue weighted by Gasteiger charge is -2.17. The van der Waals surface area contributed by atoms with Gasteiger partial charge >= 0.3 is 0 Å². The molecule has 0 aromatic heterocycles. The fourth-order valence-corrected chi connectivity index (χ4v) is 2.09. The van der Waals surface area contributed by atoms with Gasteiger partial charge in [-0.1, -0.05) is 32.0 Å². The quantitative estimate of drug-likeness (QED) is 0.791. The van der Waals surface area contributed by atoms with Crippen LogP contribution in [0.5, 0.6) is 0 Å². The Hall–Kier alpha value is -2.03. The van der Waals surface area contributed by atoms with Gasteiger partial charge in [-0.05, 0) is 42.2 Å². The SMILES string of the molecule is Cc1cccc(C(C)C)c1Nc1ccc(N)c(F)c1. The molecule has 3 heteroatoms. The van der Waals surface area contributed by atoms with Crippen molar-refractivity contribution >= 4 is 17.1 Å². The topological polar surface area (TPSA) is 38.0 Å². The van der Waals surface area contributed by atoms with Crippen molar-refractivity contribution in [1.29, 1.82) is 0 Å². The molecule has 2 aromatic rings. The Morgan fingerprint density at radius 2 is 1.89 bits per heavy atom. The van der Waals surface area contributed by atoms with E-state index in [1.54, 1.807) is 12.1 Å². The lowest BCUT2D eigenvalue weighted by atomic mass is 9.98. The Labute approximate surface area is 113 Å². The van der Waals surface area contributed by atoms with Crippen molar-refractivity contribution in [2.45, 2.75) is 26.7 Å². The van der Waals surface area contributed by atoms with Crippen molar-refractivity contribution in [2.75, 3.05) is 11.1 Å². The van der Waals surface area contributed by atoms with E-state index >= 15 is 0 Å². The maximum Gasteiger partial charge on any atom is 0.148 e. The fraction of sp³-hybridized carbons (Fsp3) is 0.250. The first-order chi connectivity index (χ1) is 8.99. The Bertz CT molecular complexity index is 591. The molecule has 0 atom stereocenters. The van der Waals surface area contributed by atoms with E-state index < -0.39 is 5.82 Å². The van der Waals surface area contributed by atoms with Crippen LogP contribution < -0.4 is 11.1 Å². The number of nitrogens with one attached hydrogen (secondary N) is 1. The van der Waals surface area contributed by atoms with Gasteiger partial charge in [-0.25, -0.2) is 4.39 Å². The number of rotatable bonds is 3. The van der Waals surface area contributed by atoms with Crippen LogP contribution in [0.3, 0.4) is 0 Å². The summed E-state index contributed by atoms with van der Waals surface area (Å²) in [6.45, 7) is 6.33. The molecule has 0 unspecified atom stereocenters. The average Bonchev–Trinajstić information content (AvgIpc) is 2.36. The molecule has 0 saturated heterocycles. The van der Waals surface area contributed by atoms with Crippen LogP contribution in [0.4, 0.5) is 21.5 Å². The fourth-order valence-electron chi connectivity index (χ4n) is 2.09. The molecule has 0 radical (unpaired) electrons. The monoisotopic (exact) mass is 258 g/mol. The molecule has 0 aliphatic carbocycles. The van der Waals surface area contributed by atoms with Crippen LogP contribution in [0.15, 0.2) is 36.4 Å². The molecule has 0 saturated carbocycles. The van der Waals surface area contributed by atoms with E-state index in [0.29, 0.717) is 11.6 Å². The van der Waals surface area contributed by atoms with E-state index in [2.05, 4.69) is 25.2 Å². The summed E-state index contributed by atoms with van der Waals surface area (Å²) in [4.78, 5) is 0. The zero-order chi connectivity index (χ0) is 14.0. The van der Waals surface area contributed by atoms with Crippen LogP contribution >= 0.6 is 0 Å². The number of benzene rings is 2. The maximum atomic E-state index is 13.5. The van der Waals surface area contributed by atoms with Crippen molar-refractivity contribution in [3.05, 3.63) is 53.3 Å². The summed E-state index contributed by atoms with van der Waals surface area (Å²) < 4.78 is 13.5. The largest absolute Gasteiger partial charge is 0.396 e. The Balaban J connectivity index is 2.40. The zero-order valence-electron chi connectivity index (χ0n) is 11.5. The Morgan fingerprint density at radius 1 is 1.16 bits per heavy atom. The minimum atomic E-state index is -0.398. The second-order valence-electron chi connectivity index (χ2n) is 5.06. The van der Waals surface area contributed by atoms with E-state index in [1.165, 1.54) is 11.6 Å². The third-order valence-electron chi connectivity index (χ3n) is 3.20. The van der Waals surface area contributed by atoms with Crippen LogP contribution in [0, 0.1) is 12.7 Å². The van der Waals surface area contributed by atoms with Gasteiger partial charge < -0.3 is 11.1 Å². The van der Waals surface area contributed by atoms with Crippen molar-refractivity contribution in [3.63, 3.8) is 0 Å². The third-order valence-corrected chi connectivity index (χ3v) is 3.20. The number of aryl methyl sites for hydroxylation is 1. The summed E-state index contributed by atoms with van der Waals surface area (Å²) in [7, 11) is 0. The lowest BCUT2D eigenvalue weighted by molar-refractivity contribution is 0.633. The van der Waals surface area contributed by atoms with Gasteiger partial charge in [0.25, 0.3) is 0 Å². The summed E-state index contributed by atoms with van der Waals surface area (Å²) in [5.74, 6) is 0.00529. The Kier molecular flexibility index (Phi) is 3.74. The molecule has 0 heterocycles. The number of hydrogen-bond acceptors (Lipinski definition) is 2. The third kappa shape index (κ3) is 2.87. The van der Waals surface area contributed by atoms with E-state index in [0.717, 1.165) is 11.3 Å². The predicted octanol–water partition coefficient (Wildman–Crippen LogP) is 4.58. The number of halogens is 1. The number of hydrogen-bond donors (Lipinski definition) is 2. The summed E-state index contributed by atoms with van der Waals surface area (Å²) in [5.41, 5.74) is 9.77. The van der Waals surface area contributed by atoms with Gasteiger partial charge in [0.05, 0.1) is 5.69 Å². The van der Waals surface area contributed by atoms with Crippen molar-refractivity contribution in [3.8, 4) is 0 Å². The Morgan fingerprint density at radius 3 is 2.53 bits per heavy atom. The highest BCUT2D eigenvalue weighted by Crippen LogP contribution is 2.30. The zero-order valence-corrected chi connectivity index (χ0v) is 11.5. The minimum Gasteiger partial charge on any atom is -0.396 e. The summed E-state index contributed by atoms with van der Waals surface area (Å²) in [6.07, 6.45) is 0. The summed E-state index contributed by atoms with van der Waals surface area (Å²) in [6, 6.07) is 11.0. The summed E-state index contributed by atoms with van der Waals surface area (Å²) in [5, 5.41) is 3.29. The molecule has 0 aliphatic heterocycles. The second kappa shape index (κ2) is 5.31. The molecule has 100 valence electrons. The first-order valence-corrected chi connectivity index (χ1v) is 6.40. The molecule has 2 nitrogen and oxygen atoms in total. The normalized spacial score (nSPS) is 10.8. The van der Waals surface area contributed by atoms with Crippen molar-refractivity contribution in [2.24, 2.45) is 0 Å². The first kappa shape index (κ1) is 13.4. The van der Waals surface area contributed by atoms with Gasteiger partial charge in [-0.15, -0.1) is 0 Å². The van der Waals surface area contributed by atoms with Gasteiger partial charge in [-0.3, -0.25) is 0 Å². The highest BCUT2D eigenvalue weighted by molar-refractivity contribution is 5.68.